The average molecular weight is 408 g/mol. The number of nitrogens with zero attached hydrogens (tertiary/aromatic N) is 2. The molecule has 0 saturated heterocycles. The molecule has 0 aliphatic heterocycles. The zero-order chi connectivity index (χ0) is 21.4. The van der Waals surface area contributed by atoms with Gasteiger partial charge < -0.3 is 4.42 Å². The molecule has 2 aromatic heterocycles. The number of amides is 2. The van der Waals surface area contributed by atoms with Crippen LogP contribution in [0.4, 0.5) is 4.39 Å². The van der Waals surface area contributed by atoms with Crippen LogP contribution in [-0.4, -0.2) is 21.6 Å². The predicted octanol–water partition coefficient (Wildman–Crippen LogP) is 2.68. The van der Waals surface area contributed by atoms with Gasteiger partial charge in [-0.05, 0) is 26.0 Å². The van der Waals surface area contributed by atoms with Gasteiger partial charge in [0.1, 0.15) is 0 Å². The molecule has 8 nitrogen and oxygen atoms in total. The Hall–Kier alpha value is -4.01. The van der Waals surface area contributed by atoms with Crippen molar-refractivity contribution in [2.24, 2.45) is 0 Å². The first-order valence-corrected chi connectivity index (χ1v) is 9.20. The summed E-state index contributed by atoms with van der Waals surface area (Å²) in [6.07, 6.45) is 0. The topological polar surface area (TPSA) is 106 Å². The highest BCUT2D eigenvalue weighted by Crippen LogP contribution is 2.27. The van der Waals surface area contributed by atoms with E-state index in [0.717, 1.165) is 0 Å². The molecule has 0 unspecified atom stereocenters. The van der Waals surface area contributed by atoms with Crippen molar-refractivity contribution in [3.63, 3.8) is 0 Å². The van der Waals surface area contributed by atoms with Crippen molar-refractivity contribution in [3.8, 4) is 0 Å². The number of carbonyl (C=O) groups excluding carboxylic acids is 2. The van der Waals surface area contributed by atoms with Crippen LogP contribution in [0.3, 0.4) is 0 Å². The van der Waals surface area contributed by atoms with E-state index in [0.29, 0.717) is 21.7 Å². The molecule has 0 spiro atoms. The van der Waals surface area contributed by atoms with E-state index in [4.69, 9.17) is 4.42 Å². The van der Waals surface area contributed by atoms with Crippen LogP contribution in [0.1, 0.15) is 33.5 Å². The van der Waals surface area contributed by atoms with Crippen LogP contribution in [0.2, 0.25) is 0 Å². The summed E-state index contributed by atoms with van der Waals surface area (Å²) in [4.78, 5) is 37.6. The van der Waals surface area contributed by atoms with Gasteiger partial charge >= 0.3 is 5.91 Å². The van der Waals surface area contributed by atoms with Crippen molar-refractivity contribution >= 4 is 33.6 Å². The van der Waals surface area contributed by atoms with Crippen molar-refractivity contribution in [3.05, 3.63) is 75.7 Å². The molecule has 4 aromatic rings. The molecule has 0 saturated carbocycles. The van der Waals surface area contributed by atoms with E-state index in [1.54, 1.807) is 44.2 Å². The SMILES string of the molecule is CCn1nc(C(=O)NNC(=O)c2oc3c(F)cccc3c2C)c2ccccc2c1=O. The smallest absolute Gasteiger partial charge is 0.305 e. The molecule has 0 bridgehead atoms. The summed E-state index contributed by atoms with van der Waals surface area (Å²) in [5.41, 5.74) is 4.61. The van der Waals surface area contributed by atoms with Crippen LogP contribution < -0.4 is 16.4 Å². The van der Waals surface area contributed by atoms with Crippen LogP contribution in [-0.2, 0) is 6.54 Å². The third kappa shape index (κ3) is 3.10. The molecule has 0 radical (unpaired) electrons. The number of hydrogen-bond acceptors (Lipinski definition) is 5. The first kappa shape index (κ1) is 19.3. The number of aryl methyl sites for hydroxylation is 2. The Bertz CT molecular complexity index is 1370. The van der Waals surface area contributed by atoms with E-state index in [2.05, 4.69) is 16.0 Å². The lowest BCUT2D eigenvalue weighted by atomic mass is 10.1. The Morgan fingerprint density at radius 1 is 1.03 bits per heavy atom. The van der Waals surface area contributed by atoms with Gasteiger partial charge in [-0.1, -0.05) is 30.3 Å². The molecule has 30 heavy (non-hydrogen) atoms. The van der Waals surface area contributed by atoms with Gasteiger partial charge in [-0.2, -0.15) is 5.10 Å². The van der Waals surface area contributed by atoms with E-state index in [1.807, 2.05) is 0 Å². The summed E-state index contributed by atoms with van der Waals surface area (Å²) < 4.78 is 20.4. The Morgan fingerprint density at radius 3 is 2.40 bits per heavy atom. The molecule has 2 aromatic carbocycles. The third-order valence-electron chi connectivity index (χ3n) is 4.79. The summed E-state index contributed by atoms with van der Waals surface area (Å²) in [6.45, 7) is 3.63. The molecule has 4 rings (SSSR count). The maximum Gasteiger partial charge on any atom is 0.305 e. The Balaban J connectivity index is 1.62. The van der Waals surface area contributed by atoms with Gasteiger partial charge in [0.2, 0.25) is 0 Å². The summed E-state index contributed by atoms with van der Waals surface area (Å²) in [6, 6.07) is 11.0. The number of nitrogens with one attached hydrogen (secondary N) is 2. The molecule has 2 amide bonds. The van der Waals surface area contributed by atoms with E-state index < -0.39 is 17.6 Å². The number of para-hydroxylation sites is 1. The molecule has 2 heterocycles. The Kier molecular flexibility index (Phi) is 4.78. The lowest BCUT2D eigenvalue weighted by molar-refractivity contribution is 0.0829. The van der Waals surface area contributed by atoms with Gasteiger partial charge in [-0.25, -0.2) is 9.07 Å². The lowest BCUT2D eigenvalue weighted by Gasteiger charge is -2.10. The fourth-order valence-electron chi connectivity index (χ4n) is 3.27. The van der Waals surface area contributed by atoms with E-state index in [9.17, 15) is 18.8 Å². The third-order valence-corrected chi connectivity index (χ3v) is 4.79. The maximum atomic E-state index is 13.9. The van der Waals surface area contributed by atoms with Crippen LogP contribution in [0.25, 0.3) is 21.7 Å². The van der Waals surface area contributed by atoms with Crippen molar-refractivity contribution in [2.75, 3.05) is 0 Å². The number of aromatic nitrogens is 2. The number of rotatable bonds is 3. The monoisotopic (exact) mass is 408 g/mol. The van der Waals surface area contributed by atoms with E-state index in [1.165, 1.54) is 16.8 Å². The average Bonchev–Trinajstić information content (AvgIpc) is 3.10. The van der Waals surface area contributed by atoms with Crippen molar-refractivity contribution < 1.29 is 18.4 Å². The highest BCUT2D eigenvalue weighted by Gasteiger charge is 2.21. The fourth-order valence-corrected chi connectivity index (χ4v) is 3.27. The number of fused-ring (bicyclic) bond motifs is 2. The van der Waals surface area contributed by atoms with E-state index >= 15 is 0 Å². The van der Waals surface area contributed by atoms with E-state index in [-0.39, 0.29) is 29.1 Å². The van der Waals surface area contributed by atoms with Crippen molar-refractivity contribution in [2.45, 2.75) is 20.4 Å². The van der Waals surface area contributed by atoms with Gasteiger partial charge in [0.25, 0.3) is 11.5 Å². The number of hydrogen-bond donors (Lipinski definition) is 2. The molecule has 2 N–H and O–H groups in total. The largest absolute Gasteiger partial charge is 0.447 e. The molecule has 0 fully saturated rings. The second-order valence-corrected chi connectivity index (χ2v) is 6.60. The standard InChI is InChI=1S/C21H17FN4O4/c1-3-26-21(29)14-8-5-4-7-13(14)16(25-26)19(27)23-24-20(28)17-11(2)12-9-6-10-15(22)18(12)30-17/h4-10H,3H2,1-2H3,(H,23,27)(H,24,28). The zero-order valence-electron chi connectivity index (χ0n) is 16.2. The first-order valence-electron chi connectivity index (χ1n) is 9.20. The first-order chi connectivity index (χ1) is 14.4. The Labute approximate surface area is 169 Å². The summed E-state index contributed by atoms with van der Waals surface area (Å²) in [7, 11) is 0. The number of hydrazine groups is 1. The molecular weight excluding hydrogens is 391 g/mol. The summed E-state index contributed by atoms with van der Waals surface area (Å²) in [5.74, 6) is -2.16. The second kappa shape index (κ2) is 7.43. The van der Waals surface area contributed by atoms with Crippen LogP contribution in [0.5, 0.6) is 0 Å². The molecule has 152 valence electrons. The van der Waals surface area contributed by atoms with Gasteiger partial charge in [-0.15, -0.1) is 0 Å². The number of carbonyl (C=O) groups is 2. The Morgan fingerprint density at radius 2 is 1.70 bits per heavy atom. The maximum absolute atomic E-state index is 13.9. The number of benzene rings is 2. The van der Waals surface area contributed by atoms with Gasteiger partial charge in [0.15, 0.2) is 22.9 Å². The molecule has 9 heteroatoms. The molecular formula is C21H17FN4O4. The normalized spacial score (nSPS) is 11.0. The number of furan rings is 1. The quantitative estimate of drug-likeness (QED) is 0.507. The van der Waals surface area contributed by atoms with Gasteiger partial charge in [0, 0.05) is 22.9 Å². The zero-order valence-corrected chi connectivity index (χ0v) is 16.2. The minimum absolute atomic E-state index is 0.0141. The number of halogens is 1. The summed E-state index contributed by atoms with van der Waals surface area (Å²) >= 11 is 0. The van der Waals surface area contributed by atoms with Crippen molar-refractivity contribution in [1.82, 2.24) is 20.6 Å². The molecule has 0 atom stereocenters. The van der Waals surface area contributed by atoms with Gasteiger partial charge in [0.05, 0.1) is 5.39 Å². The molecule has 0 aliphatic carbocycles. The fraction of sp³-hybridized carbons (Fsp3) is 0.143. The highest BCUT2D eigenvalue weighted by atomic mass is 19.1. The van der Waals surface area contributed by atoms with Crippen LogP contribution >= 0.6 is 0 Å². The summed E-state index contributed by atoms with van der Waals surface area (Å²) in [5, 5.41) is 5.27. The minimum Gasteiger partial charge on any atom is -0.447 e. The highest BCUT2D eigenvalue weighted by molar-refractivity contribution is 6.06. The van der Waals surface area contributed by atoms with Crippen LogP contribution in [0, 0.1) is 12.7 Å². The van der Waals surface area contributed by atoms with Crippen LogP contribution in [0.15, 0.2) is 51.7 Å². The minimum atomic E-state index is -0.746. The molecule has 0 aliphatic rings. The van der Waals surface area contributed by atoms with Gasteiger partial charge in [-0.3, -0.25) is 25.2 Å². The second-order valence-electron chi connectivity index (χ2n) is 6.60. The predicted molar refractivity (Wildman–Crippen MR) is 108 cm³/mol. The lowest BCUT2D eigenvalue weighted by Crippen LogP contribution is -2.42. The van der Waals surface area contributed by atoms with Crippen molar-refractivity contribution in [1.29, 1.82) is 0 Å².